The molecule has 0 saturated heterocycles. The Hall–Kier alpha value is -4.13. The number of carbonyl (C=O) groups excluding carboxylic acids is 2. The number of methoxy groups -OCH3 is 1. The molecule has 7 nitrogen and oxygen atoms in total. The zero-order valence-corrected chi connectivity index (χ0v) is 17.9. The Labute approximate surface area is 186 Å². The number of anilines is 3. The van der Waals surface area contributed by atoms with Crippen LogP contribution >= 0.6 is 0 Å². The van der Waals surface area contributed by atoms with Gasteiger partial charge in [0.15, 0.2) is 0 Å². The molecule has 0 aliphatic carbocycles. The van der Waals surface area contributed by atoms with Crippen LogP contribution in [0.4, 0.5) is 17.1 Å². The second-order valence-corrected chi connectivity index (χ2v) is 7.41. The van der Waals surface area contributed by atoms with Crippen LogP contribution in [0.2, 0.25) is 0 Å². The van der Waals surface area contributed by atoms with Crippen LogP contribution in [0.3, 0.4) is 0 Å². The molecule has 0 bridgehead atoms. The molecular weight excluding hydrogens is 404 g/mol. The van der Waals surface area contributed by atoms with E-state index in [1.807, 2.05) is 65.7 Å². The molecule has 1 unspecified atom stereocenters. The van der Waals surface area contributed by atoms with Crippen molar-refractivity contribution in [1.29, 1.82) is 0 Å². The van der Waals surface area contributed by atoms with E-state index in [2.05, 4.69) is 15.7 Å². The Morgan fingerprint density at radius 3 is 2.31 bits per heavy atom. The number of ether oxygens (including phenoxy) is 1. The average Bonchev–Trinajstić information content (AvgIpc) is 3.26. The van der Waals surface area contributed by atoms with Crippen LogP contribution in [0.15, 0.2) is 84.0 Å². The van der Waals surface area contributed by atoms with Crippen LogP contribution in [0.25, 0.3) is 0 Å². The van der Waals surface area contributed by atoms with Gasteiger partial charge in [-0.15, -0.1) is 0 Å². The molecule has 3 aromatic rings. The second kappa shape index (κ2) is 9.34. The zero-order chi connectivity index (χ0) is 22.5. The van der Waals surface area contributed by atoms with Crippen LogP contribution in [-0.4, -0.2) is 24.6 Å². The van der Waals surface area contributed by atoms with Crippen molar-refractivity contribution in [3.8, 4) is 5.75 Å². The van der Waals surface area contributed by atoms with E-state index in [0.29, 0.717) is 29.3 Å². The van der Waals surface area contributed by atoms with E-state index in [0.717, 1.165) is 11.3 Å². The van der Waals surface area contributed by atoms with Gasteiger partial charge in [0, 0.05) is 19.0 Å². The number of para-hydroxylation sites is 1. The molecule has 0 fully saturated rings. The van der Waals surface area contributed by atoms with E-state index in [1.54, 1.807) is 18.2 Å². The van der Waals surface area contributed by atoms with Gasteiger partial charge in [-0.05, 0) is 35.9 Å². The summed E-state index contributed by atoms with van der Waals surface area (Å²) < 4.78 is 5.37. The minimum absolute atomic E-state index is 0.0908. The van der Waals surface area contributed by atoms with Crippen LogP contribution in [0.5, 0.6) is 5.75 Å². The Kier molecular flexibility index (Phi) is 6.17. The molecule has 3 aromatic carbocycles. The smallest absolute Gasteiger partial charge is 0.272 e. The van der Waals surface area contributed by atoms with Gasteiger partial charge in [-0.25, -0.2) is 0 Å². The van der Waals surface area contributed by atoms with E-state index < -0.39 is 0 Å². The second-order valence-electron chi connectivity index (χ2n) is 7.41. The standard InChI is InChI=1S/C25H24N4O3/c1-17(30)26-19-13-14-24(32-2)21(15-19)27-25(31)22-16-23(18-9-5-3-6-10-18)29(28-22)20-11-7-4-8-12-20/h3-15,23H,16H2,1-2H3,(H,26,30)(H,27,31). The van der Waals surface area contributed by atoms with Crippen molar-refractivity contribution in [2.24, 2.45) is 5.10 Å². The molecule has 2 N–H and O–H groups in total. The first-order chi connectivity index (χ1) is 15.5. The zero-order valence-electron chi connectivity index (χ0n) is 17.9. The van der Waals surface area contributed by atoms with Crippen molar-refractivity contribution in [2.75, 3.05) is 22.8 Å². The highest BCUT2D eigenvalue weighted by atomic mass is 16.5. The summed E-state index contributed by atoms with van der Waals surface area (Å²) in [4.78, 5) is 24.6. The molecule has 1 aliphatic rings. The van der Waals surface area contributed by atoms with Crippen molar-refractivity contribution in [3.63, 3.8) is 0 Å². The van der Waals surface area contributed by atoms with Gasteiger partial charge < -0.3 is 15.4 Å². The number of nitrogens with zero attached hydrogens (tertiary/aromatic N) is 2. The molecule has 2 amide bonds. The lowest BCUT2D eigenvalue weighted by Crippen LogP contribution is -2.22. The summed E-state index contributed by atoms with van der Waals surface area (Å²) in [6.07, 6.45) is 0.457. The number of hydrogen-bond donors (Lipinski definition) is 2. The minimum Gasteiger partial charge on any atom is -0.495 e. The van der Waals surface area contributed by atoms with Crippen LogP contribution < -0.4 is 20.4 Å². The third-order valence-corrected chi connectivity index (χ3v) is 5.15. The number of nitrogens with one attached hydrogen (secondary N) is 2. The van der Waals surface area contributed by atoms with Crippen molar-refractivity contribution in [1.82, 2.24) is 0 Å². The number of carbonyl (C=O) groups is 2. The Bertz CT molecular complexity index is 1150. The molecular formula is C25H24N4O3. The maximum Gasteiger partial charge on any atom is 0.272 e. The van der Waals surface area contributed by atoms with Crippen molar-refractivity contribution >= 4 is 34.6 Å². The monoisotopic (exact) mass is 428 g/mol. The van der Waals surface area contributed by atoms with Crippen molar-refractivity contribution in [3.05, 3.63) is 84.4 Å². The fourth-order valence-corrected chi connectivity index (χ4v) is 3.68. The number of benzene rings is 3. The first kappa shape index (κ1) is 21.1. The lowest BCUT2D eigenvalue weighted by molar-refractivity contribution is -0.114. The normalized spacial score (nSPS) is 15.1. The molecule has 1 atom stereocenters. The highest BCUT2D eigenvalue weighted by molar-refractivity contribution is 6.44. The third kappa shape index (κ3) is 4.62. The van der Waals surface area contributed by atoms with Crippen molar-refractivity contribution < 1.29 is 14.3 Å². The summed E-state index contributed by atoms with van der Waals surface area (Å²) >= 11 is 0. The van der Waals surface area contributed by atoms with Crippen LogP contribution in [0, 0.1) is 0 Å². The molecule has 0 saturated carbocycles. The Morgan fingerprint density at radius 2 is 1.66 bits per heavy atom. The predicted octanol–water partition coefficient (Wildman–Crippen LogP) is 4.60. The summed E-state index contributed by atoms with van der Waals surface area (Å²) in [6, 6.07) is 24.8. The van der Waals surface area contributed by atoms with E-state index in [4.69, 9.17) is 4.74 Å². The van der Waals surface area contributed by atoms with Crippen molar-refractivity contribution in [2.45, 2.75) is 19.4 Å². The summed E-state index contributed by atoms with van der Waals surface area (Å²) in [5.41, 5.74) is 3.42. The largest absolute Gasteiger partial charge is 0.495 e. The number of hydrazone groups is 1. The average molecular weight is 428 g/mol. The lowest BCUT2D eigenvalue weighted by Gasteiger charge is -2.23. The lowest BCUT2D eigenvalue weighted by atomic mass is 10.0. The highest BCUT2D eigenvalue weighted by Gasteiger charge is 2.32. The van der Waals surface area contributed by atoms with Gasteiger partial charge in [0.1, 0.15) is 11.5 Å². The first-order valence-corrected chi connectivity index (χ1v) is 10.3. The molecule has 0 spiro atoms. The molecule has 32 heavy (non-hydrogen) atoms. The molecule has 162 valence electrons. The molecule has 0 radical (unpaired) electrons. The topological polar surface area (TPSA) is 83.0 Å². The fraction of sp³-hybridized carbons (Fsp3) is 0.160. The molecule has 1 heterocycles. The van der Waals surface area contributed by atoms with Gasteiger partial charge in [0.25, 0.3) is 5.91 Å². The maximum absolute atomic E-state index is 13.2. The van der Waals surface area contributed by atoms with E-state index in [9.17, 15) is 9.59 Å². The predicted molar refractivity (Wildman–Crippen MR) is 126 cm³/mol. The summed E-state index contributed by atoms with van der Waals surface area (Å²) in [5, 5.41) is 12.2. The summed E-state index contributed by atoms with van der Waals surface area (Å²) in [6.45, 7) is 1.43. The number of rotatable bonds is 6. The van der Waals surface area contributed by atoms with Gasteiger partial charge in [0.2, 0.25) is 5.91 Å². The van der Waals surface area contributed by atoms with E-state index in [-0.39, 0.29) is 17.9 Å². The van der Waals surface area contributed by atoms with Crippen LogP contribution in [-0.2, 0) is 9.59 Å². The SMILES string of the molecule is COc1ccc(NC(C)=O)cc1NC(=O)C1=NN(c2ccccc2)C(c2ccccc2)C1. The third-order valence-electron chi connectivity index (χ3n) is 5.15. The fourth-order valence-electron chi connectivity index (χ4n) is 3.68. The van der Waals surface area contributed by atoms with Gasteiger partial charge >= 0.3 is 0 Å². The molecule has 1 aliphatic heterocycles. The number of amides is 2. The first-order valence-electron chi connectivity index (χ1n) is 10.3. The van der Waals surface area contributed by atoms with Gasteiger partial charge in [-0.3, -0.25) is 14.6 Å². The summed E-state index contributed by atoms with van der Waals surface area (Å²) in [7, 11) is 1.53. The van der Waals surface area contributed by atoms with E-state index >= 15 is 0 Å². The molecule has 7 heteroatoms. The minimum atomic E-state index is -0.317. The van der Waals surface area contributed by atoms with E-state index in [1.165, 1.54) is 14.0 Å². The molecule has 0 aromatic heterocycles. The summed E-state index contributed by atoms with van der Waals surface area (Å²) in [5.74, 6) is -0.0231. The number of hydrogen-bond acceptors (Lipinski definition) is 5. The van der Waals surface area contributed by atoms with Gasteiger partial charge in [0.05, 0.1) is 24.5 Å². The highest BCUT2D eigenvalue weighted by Crippen LogP contribution is 2.36. The van der Waals surface area contributed by atoms with Gasteiger partial charge in [-0.1, -0.05) is 48.5 Å². The molecule has 4 rings (SSSR count). The van der Waals surface area contributed by atoms with Gasteiger partial charge in [-0.2, -0.15) is 5.10 Å². The van der Waals surface area contributed by atoms with Crippen LogP contribution in [0.1, 0.15) is 24.9 Å². The Balaban J connectivity index is 1.62. The Morgan fingerprint density at radius 1 is 0.969 bits per heavy atom. The quantitative estimate of drug-likeness (QED) is 0.601. The maximum atomic E-state index is 13.2.